The Morgan fingerprint density at radius 1 is 0.500 bits per heavy atom. The molecule has 0 bridgehead atoms. The first-order chi connectivity index (χ1) is 22.7. The molecule has 0 aliphatic carbocycles. The van der Waals surface area contributed by atoms with Crippen LogP contribution in [0.15, 0.2) is 155 Å². The molecule has 6 heteroatoms. The van der Waals surface area contributed by atoms with E-state index in [1.165, 1.54) is 15.5 Å². The molecule has 46 heavy (non-hydrogen) atoms. The third kappa shape index (κ3) is 4.19. The summed E-state index contributed by atoms with van der Waals surface area (Å²) in [7, 11) is 0. The highest BCUT2D eigenvalue weighted by Crippen LogP contribution is 2.39. The maximum Gasteiger partial charge on any atom is 0.357 e. The van der Waals surface area contributed by atoms with Crippen molar-refractivity contribution in [1.82, 2.24) is 19.4 Å². The van der Waals surface area contributed by atoms with Gasteiger partial charge < -0.3 is 4.42 Å². The number of hydrogen-bond acceptors (Lipinski definition) is 5. The number of aromatic nitrogens is 4. The van der Waals surface area contributed by atoms with Gasteiger partial charge in [0.1, 0.15) is 11.2 Å². The zero-order valence-corrected chi connectivity index (χ0v) is 24.5. The van der Waals surface area contributed by atoms with Crippen molar-refractivity contribution in [2.75, 3.05) is 0 Å². The molecular formula is C40H24N4O2. The van der Waals surface area contributed by atoms with Crippen molar-refractivity contribution in [2.24, 2.45) is 0 Å². The van der Waals surface area contributed by atoms with Crippen molar-refractivity contribution in [2.45, 2.75) is 0 Å². The highest BCUT2D eigenvalue weighted by atomic mass is 16.3. The fraction of sp³-hybridized carbons (Fsp3) is 0. The zero-order chi connectivity index (χ0) is 30.6. The van der Waals surface area contributed by atoms with Crippen molar-refractivity contribution in [3.63, 3.8) is 0 Å². The van der Waals surface area contributed by atoms with E-state index in [1.54, 1.807) is 0 Å². The lowest BCUT2D eigenvalue weighted by Gasteiger charge is -2.12. The van der Waals surface area contributed by atoms with Crippen molar-refractivity contribution in [3.05, 3.63) is 156 Å². The van der Waals surface area contributed by atoms with E-state index in [4.69, 9.17) is 14.4 Å². The Labute approximate surface area is 262 Å². The average molecular weight is 593 g/mol. The quantitative estimate of drug-likeness (QED) is 0.191. The predicted octanol–water partition coefficient (Wildman–Crippen LogP) is 9.21. The zero-order valence-electron chi connectivity index (χ0n) is 24.5. The molecule has 0 N–H and O–H groups in total. The summed E-state index contributed by atoms with van der Waals surface area (Å²) in [5.41, 5.74) is 8.31. The Morgan fingerprint density at radius 2 is 1.15 bits per heavy atom. The van der Waals surface area contributed by atoms with Crippen LogP contribution in [0.2, 0.25) is 0 Å². The number of nitrogens with zero attached hydrogens (tertiary/aromatic N) is 4. The molecular weight excluding hydrogens is 568 g/mol. The van der Waals surface area contributed by atoms with Gasteiger partial charge in [-0.2, -0.15) is 4.98 Å². The minimum absolute atomic E-state index is 0.378. The maximum atomic E-state index is 13.9. The molecule has 3 heterocycles. The van der Waals surface area contributed by atoms with Crippen LogP contribution >= 0.6 is 0 Å². The largest absolute Gasteiger partial charge is 0.456 e. The van der Waals surface area contributed by atoms with Crippen LogP contribution in [0.1, 0.15) is 0 Å². The lowest BCUT2D eigenvalue weighted by molar-refractivity contribution is 0.669. The molecule has 0 amide bonds. The first kappa shape index (κ1) is 26.0. The van der Waals surface area contributed by atoms with E-state index in [-0.39, 0.29) is 0 Å². The Kier molecular flexibility index (Phi) is 5.86. The first-order valence-corrected chi connectivity index (χ1v) is 15.1. The SMILES string of the molecule is O=c1nc(-c2ccccc2)nc2c3ccccc3nc(-c3cccc4oc5ccc(-c6ccc(-c7ccccc7)cc6)cc5c34)n12. The van der Waals surface area contributed by atoms with Crippen molar-refractivity contribution in [3.8, 4) is 45.0 Å². The van der Waals surface area contributed by atoms with Crippen LogP contribution in [-0.4, -0.2) is 19.4 Å². The van der Waals surface area contributed by atoms with Crippen molar-refractivity contribution in [1.29, 1.82) is 0 Å². The summed E-state index contributed by atoms with van der Waals surface area (Å²) in [6, 6.07) is 48.3. The molecule has 0 saturated heterocycles. The standard InChI is InChI=1S/C40H24N4O2/c45-40-43-37(28-12-5-2-6-13-28)42-38-30-14-7-8-16-33(30)41-39(44(38)40)31-15-9-17-35-36(31)32-24-29(22-23-34(32)46-35)27-20-18-26(19-21-27)25-10-3-1-4-11-25/h1-24H. The van der Waals surface area contributed by atoms with Crippen molar-refractivity contribution >= 4 is 38.5 Å². The fourth-order valence-electron chi connectivity index (χ4n) is 6.28. The Morgan fingerprint density at radius 3 is 1.93 bits per heavy atom. The van der Waals surface area contributed by atoms with Crippen LogP contribution in [-0.2, 0) is 0 Å². The number of para-hydroxylation sites is 1. The van der Waals surface area contributed by atoms with Crippen LogP contribution in [0.4, 0.5) is 0 Å². The summed E-state index contributed by atoms with van der Waals surface area (Å²) in [6.45, 7) is 0. The van der Waals surface area contributed by atoms with E-state index in [0.717, 1.165) is 49.5 Å². The lowest BCUT2D eigenvalue weighted by atomic mass is 9.98. The highest BCUT2D eigenvalue weighted by Gasteiger charge is 2.20. The number of benzene rings is 6. The van der Waals surface area contributed by atoms with E-state index in [9.17, 15) is 4.79 Å². The summed E-state index contributed by atoms with van der Waals surface area (Å²) in [5, 5.41) is 2.59. The summed E-state index contributed by atoms with van der Waals surface area (Å²) < 4.78 is 7.87. The van der Waals surface area contributed by atoms with Gasteiger partial charge in [-0.3, -0.25) is 0 Å². The van der Waals surface area contributed by atoms with Gasteiger partial charge in [-0.25, -0.2) is 19.2 Å². The second kappa shape index (κ2) is 10.4. The number of hydrogen-bond donors (Lipinski definition) is 0. The minimum atomic E-state index is -0.443. The molecule has 216 valence electrons. The predicted molar refractivity (Wildman–Crippen MR) is 184 cm³/mol. The molecule has 0 unspecified atom stereocenters. The molecule has 6 nitrogen and oxygen atoms in total. The monoisotopic (exact) mass is 592 g/mol. The van der Waals surface area contributed by atoms with E-state index < -0.39 is 5.69 Å². The van der Waals surface area contributed by atoms with Crippen LogP contribution < -0.4 is 5.69 Å². The second-order valence-corrected chi connectivity index (χ2v) is 11.2. The van der Waals surface area contributed by atoms with Gasteiger partial charge >= 0.3 is 5.69 Å². The molecule has 0 aliphatic heterocycles. The van der Waals surface area contributed by atoms with Gasteiger partial charge in [0.25, 0.3) is 0 Å². The summed E-state index contributed by atoms with van der Waals surface area (Å²) in [4.78, 5) is 28.2. The Bertz CT molecular complexity index is 2640. The van der Waals surface area contributed by atoms with E-state index in [0.29, 0.717) is 22.9 Å². The van der Waals surface area contributed by atoms with Gasteiger partial charge in [0.05, 0.1) is 5.52 Å². The normalized spacial score (nSPS) is 11.6. The van der Waals surface area contributed by atoms with E-state index in [2.05, 4.69) is 65.6 Å². The van der Waals surface area contributed by atoms with Gasteiger partial charge in [0.2, 0.25) is 0 Å². The topological polar surface area (TPSA) is 73.3 Å². The second-order valence-electron chi connectivity index (χ2n) is 11.2. The minimum Gasteiger partial charge on any atom is -0.456 e. The van der Waals surface area contributed by atoms with Crippen LogP contribution in [0, 0.1) is 0 Å². The van der Waals surface area contributed by atoms with Crippen LogP contribution in [0.25, 0.3) is 83.5 Å². The third-order valence-corrected chi connectivity index (χ3v) is 8.49. The summed E-state index contributed by atoms with van der Waals surface area (Å²) >= 11 is 0. The van der Waals surface area contributed by atoms with Gasteiger partial charge in [-0.05, 0) is 52.6 Å². The number of fused-ring (bicyclic) bond motifs is 6. The van der Waals surface area contributed by atoms with Gasteiger partial charge in [0, 0.05) is 27.3 Å². The van der Waals surface area contributed by atoms with Gasteiger partial charge in [-0.1, -0.05) is 115 Å². The third-order valence-electron chi connectivity index (χ3n) is 8.49. The first-order valence-electron chi connectivity index (χ1n) is 15.1. The molecule has 9 rings (SSSR count). The number of furan rings is 1. The van der Waals surface area contributed by atoms with Crippen LogP contribution in [0.5, 0.6) is 0 Å². The number of rotatable bonds is 4. The Balaban J connectivity index is 1.27. The van der Waals surface area contributed by atoms with E-state index in [1.807, 2.05) is 84.9 Å². The van der Waals surface area contributed by atoms with Crippen LogP contribution in [0.3, 0.4) is 0 Å². The molecule has 0 saturated carbocycles. The van der Waals surface area contributed by atoms with Gasteiger partial charge in [0.15, 0.2) is 17.3 Å². The average Bonchev–Trinajstić information content (AvgIpc) is 3.50. The Hall–Kier alpha value is -6.40. The van der Waals surface area contributed by atoms with E-state index >= 15 is 0 Å². The molecule has 3 aromatic heterocycles. The highest BCUT2D eigenvalue weighted by molar-refractivity contribution is 6.13. The van der Waals surface area contributed by atoms with Gasteiger partial charge in [-0.15, -0.1) is 0 Å². The molecule has 0 spiro atoms. The lowest BCUT2D eigenvalue weighted by Crippen LogP contribution is -2.22. The molecule has 0 radical (unpaired) electrons. The maximum absolute atomic E-state index is 13.9. The molecule has 0 fully saturated rings. The molecule has 6 aromatic carbocycles. The summed E-state index contributed by atoms with van der Waals surface area (Å²) in [5.74, 6) is 0.840. The molecule has 0 atom stereocenters. The molecule has 9 aromatic rings. The summed E-state index contributed by atoms with van der Waals surface area (Å²) in [6.07, 6.45) is 0. The smallest absolute Gasteiger partial charge is 0.357 e. The van der Waals surface area contributed by atoms with Crippen molar-refractivity contribution < 1.29 is 4.42 Å². The fourth-order valence-corrected chi connectivity index (χ4v) is 6.28. The molecule has 0 aliphatic rings.